The van der Waals surface area contributed by atoms with Gasteiger partial charge in [0, 0.05) is 10.9 Å². The van der Waals surface area contributed by atoms with Crippen LogP contribution in [-0.2, 0) is 6.18 Å². The molecule has 4 aromatic rings. The van der Waals surface area contributed by atoms with Crippen molar-refractivity contribution >= 4 is 22.5 Å². The molecular formula is C17H11F3N6. The molecule has 0 aliphatic heterocycles. The first-order valence-electron chi connectivity index (χ1n) is 7.59. The number of aromatic amines is 1. The average Bonchev–Trinajstić information content (AvgIpc) is 3.04. The van der Waals surface area contributed by atoms with Gasteiger partial charge in [-0.15, -0.1) is 5.10 Å². The predicted molar refractivity (Wildman–Crippen MR) is 89.6 cm³/mol. The smallest absolute Gasteiger partial charge is 0.322 e. The summed E-state index contributed by atoms with van der Waals surface area (Å²) in [6.07, 6.45) is -3.19. The van der Waals surface area contributed by atoms with E-state index in [0.717, 1.165) is 17.0 Å². The Kier molecular flexibility index (Phi) is 3.76. The number of aromatic nitrogens is 5. The van der Waals surface area contributed by atoms with Gasteiger partial charge in [-0.25, -0.2) is 4.98 Å². The van der Waals surface area contributed by atoms with Gasteiger partial charge in [0.15, 0.2) is 17.5 Å². The van der Waals surface area contributed by atoms with Gasteiger partial charge in [0.2, 0.25) is 0 Å². The molecular weight excluding hydrogens is 345 g/mol. The maximum atomic E-state index is 13.2. The van der Waals surface area contributed by atoms with Gasteiger partial charge in [0.05, 0.1) is 17.3 Å². The lowest BCUT2D eigenvalue weighted by Crippen LogP contribution is -2.09. The fourth-order valence-corrected chi connectivity index (χ4v) is 2.58. The molecule has 0 aliphatic rings. The fraction of sp³-hybridized carbons (Fsp3) is 0.0588. The summed E-state index contributed by atoms with van der Waals surface area (Å²) in [5, 5.41) is 18.3. The van der Waals surface area contributed by atoms with Crippen LogP contribution in [-0.4, -0.2) is 25.4 Å². The maximum absolute atomic E-state index is 13.2. The zero-order chi connectivity index (χ0) is 18.1. The van der Waals surface area contributed by atoms with Gasteiger partial charge in [-0.05, 0) is 18.2 Å². The second-order valence-corrected chi connectivity index (χ2v) is 5.45. The van der Waals surface area contributed by atoms with Crippen molar-refractivity contribution in [2.45, 2.75) is 6.18 Å². The Labute approximate surface area is 145 Å². The molecule has 0 unspecified atom stereocenters. The molecule has 4 rings (SSSR count). The predicted octanol–water partition coefficient (Wildman–Crippen LogP) is 4.18. The van der Waals surface area contributed by atoms with Gasteiger partial charge in [-0.1, -0.05) is 30.3 Å². The van der Waals surface area contributed by atoms with Crippen LogP contribution >= 0.6 is 0 Å². The van der Waals surface area contributed by atoms with Crippen molar-refractivity contribution < 1.29 is 13.2 Å². The summed E-state index contributed by atoms with van der Waals surface area (Å²) in [4.78, 5) is 4.16. The summed E-state index contributed by atoms with van der Waals surface area (Å²) in [6, 6.07) is 12.5. The number of anilines is 2. The highest BCUT2D eigenvalue weighted by Gasteiger charge is 2.34. The van der Waals surface area contributed by atoms with Crippen molar-refractivity contribution in [2.24, 2.45) is 0 Å². The number of alkyl halides is 3. The minimum Gasteiger partial charge on any atom is -0.322 e. The Balaban J connectivity index is 1.72. The Morgan fingerprint density at radius 2 is 1.73 bits per heavy atom. The lowest BCUT2D eigenvalue weighted by Gasteiger charge is -2.11. The SMILES string of the molecule is FC(F)(F)c1ccccc1-c1nncc(Nc2n[nH]c3ccccc23)n1. The van der Waals surface area contributed by atoms with Crippen molar-refractivity contribution in [3.05, 3.63) is 60.3 Å². The lowest BCUT2D eigenvalue weighted by molar-refractivity contribution is -0.137. The second-order valence-electron chi connectivity index (χ2n) is 5.45. The Bertz CT molecular complexity index is 1070. The van der Waals surface area contributed by atoms with Crippen molar-refractivity contribution in [1.82, 2.24) is 25.4 Å². The fourth-order valence-electron chi connectivity index (χ4n) is 2.58. The summed E-state index contributed by atoms with van der Waals surface area (Å²) in [5.41, 5.74) is -0.133. The molecule has 2 aromatic carbocycles. The number of nitrogens with one attached hydrogen (secondary N) is 2. The summed E-state index contributed by atoms with van der Waals surface area (Å²) in [7, 11) is 0. The third kappa shape index (κ3) is 2.94. The van der Waals surface area contributed by atoms with E-state index in [-0.39, 0.29) is 17.2 Å². The highest BCUT2D eigenvalue weighted by molar-refractivity contribution is 5.90. The number of para-hydroxylation sites is 1. The molecule has 0 saturated heterocycles. The Hall–Kier alpha value is -3.49. The number of fused-ring (bicyclic) bond motifs is 1. The van der Waals surface area contributed by atoms with Crippen molar-refractivity contribution in [3.8, 4) is 11.4 Å². The molecule has 0 spiro atoms. The maximum Gasteiger partial charge on any atom is 0.417 e. The van der Waals surface area contributed by atoms with E-state index in [1.54, 1.807) is 0 Å². The third-order valence-electron chi connectivity index (χ3n) is 3.75. The largest absolute Gasteiger partial charge is 0.417 e. The third-order valence-corrected chi connectivity index (χ3v) is 3.75. The molecule has 2 aromatic heterocycles. The standard InChI is InChI=1S/C17H11F3N6/c18-17(19,20)12-7-3-1-5-10(12)15-22-14(9-21-25-15)23-16-11-6-2-4-8-13(11)24-26-16/h1-9H,(H2,22,23,24,25,26). The van der Waals surface area contributed by atoms with Crippen molar-refractivity contribution in [2.75, 3.05) is 5.32 Å². The van der Waals surface area contributed by atoms with E-state index in [1.807, 2.05) is 24.3 Å². The number of hydrogen-bond donors (Lipinski definition) is 2. The molecule has 0 bridgehead atoms. The molecule has 0 fully saturated rings. The number of nitrogens with zero attached hydrogens (tertiary/aromatic N) is 4. The number of halogens is 3. The number of H-pyrrole nitrogens is 1. The van der Waals surface area contributed by atoms with E-state index in [1.165, 1.54) is 24.4 Å². The van der Waals surface area contributed by atoms with Gasteiger partial charge >= 0.3 is 6.18 Å². The number of hydrogen-bond acceptors (Lipinski definition) is 5. The van der Waals surface area contributed by atoms with Crippen molar-refractivity contribution in [1.29, 1.82) is 0 Å². The van der Waals surface area contributed by atoms with Crippen LogP contribution in [0.1, 0.15) is 5.56 Å². The van der Waals surface area contributed by atoms with Crippen LogP contribution in [0, 0.1) is 0 Å². The molecule has 26 heavy (non-hydrogen) atoms. The first-order chi connectivity index (χ1) is 12.5. The quantitative estimate of drug-likeness (QED) is 0.576. The van der Waals surface area contributed by atoms with E-state index < -0.39 is 11.7 Å². The molecule has 9 heteroatoms. The average molecular weight is 356 g/mol. The van der Waals surface area contributed by atoms with Crippen LogP contribution in [0.2, 0.25) is 0 Å². The minimum absolute atomic E-state index is 0.122. The zero-order valence-electron chi connectivity index (χ0n) is 13.1. The molecule has 0 amide bonds. The highest BCUT2D eigenvalue weighted by atomic mass is 19.4. The molecule has 2 heterocycles. The van der Waals surface area contributed by atoms with E-state index in [2.05, 4.69) is 30.7 Å². The summed E-state index contributed by atoms with van der Waals surface area (Å²) in [6.45, 7) is 0. The molecule has 0 atom stereocenters. The van der Waals surface area contributed by atoms with Crippen LogP contribution in [0.5, 0.6) is 0 Å². The summed E-state index contributed by atoms with van der Waals surface area (Å²) < 4.78 is 39.6. The van der Waals surface area contributed by atoms with Crippen LogP contribution in [0.4, 0.5) is 24.8 Å². The highest BCUT2D eigenvalue weighted by Crippen LogP contribution is 2.35. The van der Waals surface area contributed by atoms with E-state index in [9.17, 15) is 13.2 Å². The lowest BCUT2D eigenvalue weighted by atomic mass is 10.1. The van der Waals surface area contributed by atoms with E-state index in [0.29, 0.717) is 5.82 Å². The molecule has 2 N–H and O–H groups in total. The molecule has 0 aliphatic carbocycles. The van der Waals surface area contributed by atoms with Crippen LogP contribution < -0.4 is 5.32 Å². The van der Waals surface area contributed by atoms with Crippen LogP contribution in [0.15, 0.2) is 54.7 Å². The van der Waals surface area contributed by atoms with Gasteiger partial charge < -0.3 is 5.32 Å². The summed E-state index contributed by atoms with van der Waals surface area (Å²) >= 11 is 0. The van der Waals surface area contributed by atoms with Crippen LogP contribution in [0.25, 0.3) is 22.3 Å². The van der Waals surface area contributed by atoms with Gasteiger partial charge in [0.1, 0.15) is 0 Å². The Morgan fingerprint density at radius 3 is 2.58 bits per heavy atom. The van der Waals surface area contributed by atoms with Gasteiger partial charge in [-0.3, -0.25) is 5.10 Å². The van der Waals surface area contributed by atoms with E-state index in [4.69, 9.17) is 0 Å². The second kappa shape index (κ2) is 6.10. The van der Waals surface area contributed by atoms with Gasteiger partial charge in [0.25, 0.3) is 0 Å². The minimum atomic E-state index is -4.51. The molecule has 130 valence electrons. The van der Waals surface area contributed by atoms with Crippen LogP contribution in [0.3, 0.4) is 0 Å². The molecule has 0 radical (unpaired) electrons. The summed E-state index contributed by atoms with van der Waals surface area (Å²) in [5.74, 6) is 0.614. The molecule has 6 nitrogen and oxygen atoms in total. The first-order valence-corrected chi connectivity index (χ1v) is 7.59. The normalized spacial score (nSPS) is 11.7. The van der Waals surface area contributed by atoms with E-state index >= 15 is 0 Å². The van der Waals surface area contributed by atoms with Crippen molar-refractivity contribution in [3.63, 3.8) is 0 Å². The monoisotopic (exact) mass is 356 g/mol. The first kappa shape index (κ1) is 16.0. The molecule has 0 saturated carbocycles. The van der Waals surface area contributed by atoms with Gasteiger partial charge in [-0.2, -0.15) is 23.4 Å². The Morgan fingerprint density at radius 1 is 0.962 bits per heavy atom. The number of benzene rings is 2. The number of rotatable bonds is 3. The topological polar surface area (TPSA) is 79.4 Å². The zero-order valence-corrected chi connectivity index (χ0v) is 13.1.